The van der Waals surface area contributed by atoms with Gasteiger partial charge in [-0.25, -0.2) is 8.42 Å². The Bertz CT molecular complexity index is 2150. The van der Waals surface area contributed by atoms with Gasteiger partial charge < -0.3 is 4.42 Å². The molecule has 0 aliphatic carbocycles. The van der Waals surface area contributed by atoms with Crippen LogP contribution in [0.5, 0.6) is 0 Å². The fraction of sp³-hybridized carbons (Fsp3) is 0.0952. The number of sulfonamides is 1. The van der Waals surface area contributed by atoms with Gasteiger partial charge in [0.15, 0.2) is 0 Å². The maximum absolute atomic E-state index is 14.0. The largest absolute Gasteiger partial charge is 0.457 e. The van der Waals surface area contributed by atoms with E-state index in [4.69, 9.17) is 4.42 Å². The van der Waals surface area contributed by atoms with Gasteiger partial charge in [0, 0.05) is 5.39 Å². The lowest BCUT2D eigenvalue weighted by molar-refractivity contribution is 0.559. The topological polar surface area (TPSA) is 59.3 Å². The van der Waals surface area contributed by atoms with E-state index in [2.05, 4.69) is 89.7 Å². The van der Waals surface area contributed by atoms with Crippen molar-refractivity contribution in [2.75, 3.05) is 4.72 Å². The number of aryl methyl sites for hydroxylation is 2. The minimum absolute atomic E-state index is 0.191. The van der Waals surface area contributed by atoms with Crippen LogP contribution in [0.15, 0.2) is 173 Å². The Hall–Kier alpha value is -5.04. The summed E-state index contributed by atoms with van der Waals surface area (Å²) in [6, 6.07) is 54.5. The molecule has 4 nitrogen and oxygen atoms in total. The van der Waals surface area contributed by atoms with Gasteiger partial charge in [0.2, 0.25) is 0 Å². The number of thioether (sulfide) groups is 1. The first-order chi connectivity index (χ1) is 23.3. The van der Waals surface area contributed by atoms with Gasteiger partial charge in [-0.3, -0.25) is 4.72 Å². The van der Waals surface area contributed by atoms with Gasteiger partial charge >= 0.3 is 0 Å². The highest BCUT2D eigenvalue weighted by atomic mass is 32.2. The third-order valence-electron chi connectivity index (χ3n) is 8.62. The van der Waals surface area contributed by atoms with Crippen LogP contribution in [0.4, 0.5) is 5.69 Å². The van der Waals surface area contributed by atoms with Crippen LogP contribution in [-0.4, -0.2) is 8.42 Å². The standard InChI is InChI=1S/C42H35NO3S2/c1-30-23-26-36(27-24-30)48(44,45)43-39-37-28-25-31(2)29-38(37)46-40(39)41(32-15-7-3-8-16-32)47-42(33-17-9-4-10-18-33,34-19-11-5-12-20-34)35-21-13-6-14-22-35/h3-29,41,43H,1-2H3/t41-/m1/s1. The van der Waals surface area contributed by atoms with E-state index in [1.807, 2.05) is 80.6 Å². The molecule has 0 saturated heterocycles. The molecule has 238 valence electrons. The van der Waals surface area contributed by atoms with Crippen molar-refractivity contribution in [2.45, 2.75) is 28.7 Å². The monoisotopic (exact) mass is 665 g/mol. The average molecular weight is 666 g/mol. The van der Waals surface area contributed by atoms with Crippen LogP contribution in [-0.2, 0) is 14.8 Å². The summed E-state index contributed by atoms with van der Waals surface area (Å²) in [6.45, 7) is 3.94. The molecule has 0 saturated carbocycles. The van der Waals surface area contributed by atoms with Gasteiger partial charge in [-0.2, -0.15) is 0 Å². The van der Waals surface area contributed by atoms with Crippen molar-refractivity contribution < 1.29 is 12.8 Å². The zero-order valence-electron chi connectivity index (χ0n) is 26.7. The predicted octanol–water partition coefficient (Wildman–Crippen LogP) is 10.7. The average Bonchev–Trinajstić information content (AvgIpc) is 3.46. The molecule has 0 unspecified atom stereocenters. The smallest absolute Gasteiger partial charge is 0.262 e. The second-order valence-corrected chi connectivity index (χ2v) is 14.9. The first-order valence-electron chi connectivity index (χ1n) is 15.9. The molecule has 7 aromatic rings. The minimum atomic E-state index is -3.96. The zero-order chi connectivity index (χ0) is 33.1. The number of fused-ring (bicyclic) bond motifs is 1. The predicted molar refractivity (Wildman–Crippen MR) is 198 cm³/mol. The minimum Gasteiger partial charge on any atom is -0.457 e. The highest BCUT2D eigenvalue weighted by Crippen LogP contribution is 2.57. The van der Waals surface area contributed by atoms with E-state index in [1.54, 1.807) is 23.9 Å². The number of hydrogen-bond donors (Lipinski definition) is 1. The maximum Gasteiger partial charge on any atom is 0.262 e. The van der Waals surface area contributed by atoms with Gasteiger partial charge in [-0.15, -0.1) is 11.8 Å². The lowest BCUT2D eigenvalue weighted by atomic mass is 9.84. The van der Waals surface area contributed by atoms with E-state index >= 15 is 0 Å². The Morgan fingerprint density at radius 1 is 0.604 bits per heavy atom. The van der Waals surface area contributed by atoms with Crippen LogP contribution in [0.2, 0.25) is 0 Å². The van der Waals surface area contributed by atoms with Crippen molar-refractivity contribution in [3.63, 3.8) is 0 Å². The van der Waals surface area contributed by atoms with Crippen molar-refractivity contribution >= 4 is 38.4 Å². The number of hydrogen-bond acceptors (Lipinski definition) is 4. The second-order valence-electron chi connectivity index (χ2n) is 11.9. The van der Waals surface area contributed by atoms with Gasteiger partial charge in [-0.05, 0) is 65.9 Å². The molecule has 0 spiro atoms. The van der Waals surface area contributed by atoms with Crippen LogP contribution >= 0.6 is 11.8 Å². The Morgan fingerprint density at radius 2 is 1.08 bits per heavy atom. The quantitative estimate of drug-likeness (QED) is 0.148. The molecule has 48 heavy (non-hydrogen) atoms. The number of rotatable bonds is 10. The Labute approximate surface area is 286 Å². The summed E-state index contributed by atoms with van der Waals surface area (Å²) in [5.74, 6) is 0.537. The molecule has 0 radical (unpaired) electrons. The molecule has 1 aromatic heterocycles. The summed E-state index contributed by atoms with van der Waals surface area (Å²) in [5.41, 5.74) is 7.35. The number of benzene rings is 6. The van der Waals surface area contributed by atoms with Crippen molar-refractivity contribution in [3.05, 3.63) is 203 Å². The Morgan fingerprint density at radius 3 is 1.60 bits per heavy atom. The van der Waals surface area contributed by atoms with Gasteiger partial charge in [-0.1, -0.05) is 145 Å². The highest BCUT2D eigenvalue weighted by Gasteiger charge is 2.42. The third-order valence-corrected chi connectivity index (χ3v) is 11.8. The number of nitrogens with one attached hydrogen (secondary N) is 1. The van der Waals surface area contributed by atoms with Crippen LogP contribution in [0.1, 0.15) is 44.4 Å². The second kappa shape index (κ2) is 13.2. The summed E-state index contributed by atoms with van der Waals surface area (Å²) < 4.78 is 37.1. The lowest BCUT2D eigenvalue weighted by Gasteiger charge is -2.38. The first-order valence-corrected chi connectivity index (χ1v) is 18.2. The van der Waals surface area contributed by atoms with E-state index in [9.17, 15) is 8.42 Å². The normalized spacial score (nSPS) is 12.5. The molecular weight excluding hydrogens is 631 g/mol. The molecule has 7 rings (SSSR count). The molecule has 0 amide bonds. The molecule has 1 atom stereocenters. The molecule has 1 N–H and O–H groups in total. The zero-order valence-corrected chi connectivity index (χ0v) is 28.3. The SMILES string of the molecule is Cc1ccc(S(=O)(=O)Nc2c([C@H](SC(c3ccccc3)(c3ccccc3)c3ccccc3)c3ccccc3)oc3cc(C)ccc23)cc1. The molecule has 1 heterocycles. The molecule has 0 aliphatic heterocycles. The number of furan rings is 1. The van der Waals surface area contributed by atoms with E-state index in [-0.39, 0.29) is 4.90 Å². The molecule has 6 aromatic carbocycles. The van der Waals surface area contributed by atoms with Crippen LogP contribution < -0.4 is 4.72 Å². The van der Waals surface area contributed by atoms with Crippen molar-refractivity contribution in [1.82, 2.24) is 0 Å². The molecule has 0 aliphatic rings. The summed E-state index contributed by atoms with van der Waals surface area (Å²) in [4.78, 5) is 0.191. The molecule has 0 bridgehead atoms. The van der Waals surface area contributed by atoms with Gasteiger partial charge in [0.25, 0.3) is 10.0 Å². The number of anilines is 1. The molecule has 6 heteroatoms. The summed E-state index contributed by atoms with van der Waals surface area (Å²) >= 11 is 1.73. The molecule has 0 fully saturated rings. The lowest BCUT2D eigenvalue weighted by Crippen LogP contribution is -2.27. The van der Waals surface area contributed by atoms with Crippen molar-refractivity contribution in [1.29, 1.82) is 0 Å². The van der Waals surface area contributed by atoms with Crippen LogP contribution in [0.3, 0.4) is 0 Å². The van der Waals surface area contributed by atoms with Crippen molar-refractivity contribution in [2.24, 2.45) is 0 Å². The first kappa shape index (κ1) is 31.6. The Balaban J connectivity index is 1.50. The Kier molecular flexibility index (Phi) is 8.69. The summed E-state index contributed by atoms with van der Waals surface area (Å²) in [6.07, 6.45) is 0. The highest BCUT2D eigenvalue weighted by molar-refractivity contribution is 8.01. The fourth-order valence-corrected chi connectivity index (χ4v) is 9.05. The fourth-order valence-electron chi connectivity index (χ4n) is 6.22. The van der Waals surface area contributed by atoms with Crippen molar-refractivity contribution in [3.8, 4) is 0 Å². The van der Waals surface area contributed by atoms with E-state index in [1.165, 1.54) is 0 Å². The van der Waals surface area contributed by atoms with E-state index in [0.717, 1.165) is 33.4 Å². The van der Waals surface area contributed by atoms with Crippen LogP contribution in [0.25, 0.3) is 11.0 Å². The summed E-state index contributed by atoms with van der Waals surface area (Å²) in [7, 11) is -3.96. The summed E-state index contributed by atoms with van der Waals surface area (Å²) in [5, 5.41) is 0.271. The van der Waals surface area contributed by atoms with Gasteiger partial charge in [0.1, 0.15) is 11.3 Å². The van der Waals surface area contributed by atoms with Crippen LogP contribution in [0, 0.1) is 13.8 Å². The molecular formula is C42H35NO3S2. The van der Waals surface area contributed by atoms with E-state index < -0.39 is 20.0 Å². The maximum atomic E-state index is 14.0. The van der Waals surface area contributed by atoms with E-state index in [0.29, 0.717) is 22.4 Å². The third kappa shape index (κ3) is 6.05. The van der Waals surface area contributed by atoms with Gasteiger partial charge in [0.05, 0.1) is 20.6 Å².